The molecule has 3 aromatic rings. The molecule has 0 saturated carbocycles. The van der Waals surface area contributed by atoms with Crippen molar-refractivity contribution in [2.45, 2.75) is 19.0 Å². The Kier molecular flexibility index (Phi) is 7.46. The third-order valence-corrected chi connectivity index (χ3v) is 6.85. The van der Waals surface area contributed by atoms with Crippen molar-refractivity contribution < 1.29 is 18.0 Å². The van der Waals surface area contributed by atoms with Crippen LogP contribution in [0.1, 0.15) is 27.9 Å². The minimum atomic E-state index is -1.10. The molecule has 1 aliphatic rings. The number of hydrogen-bond donors (Lipinski definition) is 0. The molecular formula is C25H17Cl3F3N3O. The molecule has 35 heavy (non-hydrogen) atoms. The topological polar surface area (TPSA) is 47.3 Å². The Morgan fingerprint density at radius 2 is 1.74 bits per heavy atom. The van der Waals surface area contributed by atoms with Crippen molar-refractivity contribution in [1.29, 1.82) is 5.26 Å². The van der Waals surface area contributed by atoms with Crippen LogP contribution in [0.2, 0.25) is 15.1 Å². The molecule has 3 aromatic carbocycles. The van der Waals surface area contributed by atoms with E-state index in [0.29, 0.717) is 29.8 Å². The average molecular weight is 539 g/mol. The number of nitriles is 1. The molecule has 0 radical (unpaired) electrons. The molecule has 1 amide bonds. The molecule has 1 aliphatic heterocycles. The number of carbonyl (C=O) groups is 1. The van der Waals surface area contributed by atoms with Crippen LogP contribution in [0, 0.1) is 28.8 Å². The second-order valence-electron chi connectivity index (χ2n) is 8.08. The Labute approximate surface area is 215 Å². The van der Waals surface area contributed by atoms with Crippen molar-refractivity contribution in [1.82, 2.24) is 4.90 Å². The van der Waals surface area contributed by atoms with E-state index in [2.05, 4.69) is 0 Å². The number of nitrogens with zero attached hydrogens (tertiary/aromatic N) is 3. The van der Waals surface area contributed by atoms with E-state index in [1.54, 1.807) is 23.1 Å². The van der Waals surface area contributed by atoms with Crippen LogP contribution in [-0.4, -0.2) is 29.9 Å². The minimum Gasteiger partial charge on any atom is -0.362 e. The molecule has 0 spiro atoms. The first-order valence-electron chi connectivity index (χ1n) is 10.5. The third kappa shape index (κ3) is 5.35. The molecule has 4 nitrogen and oxygen atoms in total. The molecule has 0 unspecified atom stereocenters. The van der Waals surface area contributed by atoms with Crippen molar-refractivity contribution in [3.05, 3.63) is 97.7 Å². The van der Waals surface area contributed by atoms with Crippen LogP contribution in [0.25, 0.3) is 0 Å². The Hall–Kier alpha value is -2.92. The fourth-order valence-corrected chi connectivity index (χ4v) is 4.73. The lowest BCUT2D eigenvalue weighted by atomic mass is 10.1. The molecule has 0 aliphatic carbocycles. The number of halogens is 6. The zero-order chi connectivity index (χ0) is 25.3. The number of benzene rings is 3. The van der Waals surface area contributed by atoms with Crippen molar-refractivity contribution in [3.63, 3.8) is 0 Å². The van der Waals surface area contributed by atoms with Gasteiger partial charge in [0.2, 0.25) is 0 Å². The maximum absolute atomic E-state index is 14.2. The molecule has 180 valence electrons. The lowest BCUT2D eigenvalue weighted by molar-refractivity contribution is 0.0790. The van der Waals surface area contributed by atoms with E-state index in [1.165, 1.54) is 18.2 Å². The standard InChI is InChI=1S/C25H17Cl3F3N3O/c26-19-9-17(3-1-15(19)11-32)34(12-16-8-23(30)21(28)10-20(16)27)18-5-6-33(13-18)25(35)14-2-4-22(29)24(31)7-14/h1-4,7-10,18H,5-6,12-13H2/t18-/m0/s1. The smallest absolute Gasteiger partial charge is 0.254 e. The fourth-order valence-electron chi connectivity index (χ4n) is 4.07. The van der Waals surface area contributed by atoms with Crippen LogP contribution in [0.5, 0.6) is 0 Å². The summed E-state index contributed by atoms with van der Waals surface area (Å²) in [5.41, 5.74) is 1.46. The summed E-state index contributed by atoms with van der Waals surface area (Å²) in [7, 11) is 0. The summed E-state index contributed by atoms with van der Waals surface area (Å²) in [5.74, 6) is -3.18. The van der Waals surface area contributed by atoms with Crippen molar-refractivity contribution in [2.75, 3.05) is 18.0 Å². The molecular weight excluding hydrogens is 522 g/mol. The second-order valence-corrected chi connectivity index (χ2v) is 9.31. The summed E-state index contributed by atoms with van der Waals surface area (Å²) in [6.07, 6.45) is 0.542. The highest BCUT2D eigenvalue weighted by atomic mass is 35.5. The summed E-state index contributed by atoms with van der Waals surface area (Å²) < 4.78 is 41.1. The number of carbonyl (C=O) groups excluding carboxylic acids is 1. The van der Waals surface area contributed by atoms with Crippen LogP contribution < -0.4 is 4.90 Å². The van der Waals surface area contributed by atoms with Gasteiger partial charge in [0.25, 0.3) is 5.91 Å². The fraction of sp³-hybridized carbons (Fsp3) is 0.200. The number of amides is 1. The van der Waals surface area contributed by atoms with Gasteiger partial charge in [0, 0.05) is 41.9 Å². The molecule has 10 heteroatoms. The predicted molar refractivity (Wildman–Crippen MR) is 129 cm³/mol. The Morgan fingerprint density at radius 1 is 0.971 bits per heavy atom. The molecule has 0 bridgehead atoms. The van der Waals surface area contributed by atoms with Crippen LogP contribution in [0.15, 0.2) is 48.5 Å². The summed E-state index contributed by atoms with van der Waals surface area (Å²) in [6, 6.07) is 12.3. The third-order valence-electron chi connectivity index (χ3n) is 5.89. The first-order valence-corrected chi connectivity index (χ1v) is 11.7. The molecule has 0 aromatic heterocycles. The van der Waals surface area contributed by atoms with Crippen LogP contribution >= 0.6 is 34.8 Å². The van der Waals surface area contributed by atoms with Gasteiger partial charge < -0.3 is 9.80 Å². The van der Waals surface area contributed by atoms with Gasteiger partial charge in [-0.15, -0.1) is 0 Å². The predicted octanol–water partition coefficient (Wildman–Crippen LogP) is 6.86. The summed E-state index contributed by atoms with van der Waals surface area (Å²) >= 11 is 18.4. The molecule has 0 N–H and O–H groups in total. The monoisotopic (exact) mass is 537 g/mol. The van der Waals surface area contributed by atoms with Gasteiger partial charge in [0.05, 0.1) is 15.6 Å². The maximum atomic E-state index is 14.2. The number of hydrogen-bond acceptors (Lipinski definition) is 3. The van der Waals surface area contributed by atoms with Crippen LogP contribution in [0.4, 0.5) is 18.9 Å². The van der Waals surface area contributed by atoms with Crippen molar-refractivity contribution in [3.8, 4) is 6.07 Å². The first-order chi connectivity index (χ1) is 16.7. The van der Waals surface area contributed by atoms with E-state index in [1.807, 2.05) is 11.0 Å². The molecule has 4 rings (SSSR count). The highest BCUT2D eigenvalue weighted by Gasteiger charge is 2.32. The summed E-state index contributed by atoms with van der Waals surface area (Å²) in [4.78, 5) is 16.4. The highest BCUT2D eigenvalue weighted by Crippen LogP contribution is 2.32. The van der Waals surface area contributed by atoms with Gasteiger partial charge in [-0.05, 0) is 60.5 Å². The van der Waals surface area contributed by atoms with E-state index in [4.69, 9.17) is 34.8 Å². The van der Waals surface area contributed by atoms with Gasteiger partial charge in [-0.1, -0.05) is 34.8 Å². The van der Waals surface area contributed by atoms with Gasteiger partial charge >= 0.3 is 0 Å². The minimum absolute atomic E-state index is 0.0420. The van der Waals surface area contributed by atoms with Crippen molar-refractivity contribution >= 4 is 46.4 Å². The van der Waals surface area contributed by atoms with Crippen LogP contribution in [-0.2, 0) is 6.54 Å². The summed E-state index contributed by atoms with van der Waals surface area (Å²) in [6.45, 7) is 0.807. The largest absolute Gasteiger partial charge is 0.362 e. The number of rotatable bonds is 5. The van der Waals surface area contributed by atoms with E-state index in [-0.39, 0.29) is 39.8 Å². The van der Waals surface area contributed by atoms with Gasteiger partial charge in [0.15, 0.2) is 11.6 Å². The van der Waals surface area contributed by atoms with Gasteiger partial charge in [-0.2, -0.15) is 5.26 Å². The first kappa shape index (κ1) is 25.2. The van der Waals surface area contributed by atoms with Gasteiger partial charge in [0.1, 0.15) is 11.9 Å². The Morgan fingerprint density at radius 3 is 2.43 bits per heavy atom. The van der Waals surface area contributed by atoms with E-state index in [9.17, 15) is 23.2 Å². The molecule has 1 fully saturated rings. The SMILES string of the molecule is N#Cc1ccc(N(Cc2cc(F)c(Cl)cc2Cl)[C@H]2CCN(C(=O)c3ccc(F)c(F)c3)C2)cc1Cl. The molecule has 1 atom stereocenters. The van der Waals surface area contributed by atoms with Crippen LogP contribution in [0.3, 0.4) is 0 Å². The number of anilines is 1. The molecule has 1 heterocycles. The Balaban J connectivity index is 1.64. The van der Waals surface area contributed by atoms with E-state index >= 15 is 0 Å². The normalized spacial score (nSPS) is 15.2. The zero-order valence-corrected chi connectivity index (χ0v) is 20.3. The summed E-state index contributed by atoms with van der Waals surface area (Å²) in [5, 5.41) is 9.63. The maximum Gasteiger partial charge on any atom is 0.254 e. The van der Waals surface area contributed by atoms with Crippen molar-refractivity contribution in [2.24, 2.45) is 0 Å². The molecule has 1 saturated heterocycles. The zero-order valence-electron chi connectivity index (χ0n) is 18.0. The quantitative estimate of drug-likeness (QED) is 0.334. The van der Waals surface area contributed by atoms with Gasteiger partial charge in [-0.25, -0.2) is 13.2 Å². The van der Waals surface area contributed by atoms with E-state index in [0.717, 1.165) is 12.1 Å². The number of likely N-dealkylation sites (tertiary alicyclic amines) is 1. The second kappa shape index (κ2) is 10.4. The van der Waals surface area contributed by atoms with Gasteiger partial charge in [-0.3, -0.25) is 4.79 Å². The lowest BCUT2D eigenvalue weighted by Crippen LogP contribution is -2.38. The Bertz CT molecular complexity index is 1350. The van der Waals surface area contributed by atoms with E-state index < -0.39 is 23.4 Å². The average Bonchev–Trinajstić information content (AvgIpc) is 3.31. The highest BCUT2D eigenvalue weighted by molar-refractivity contribution is 6.35. The lowest BCUT2D eigenvalue weighted by Gasteiger charge is -2.32.